The molecule has 0 N–H and O–H groups in total. The average Bonchev–Trinajstić information content (AvgIpc) is 3.15. The molecule has 5 rings (SSSR count). The van der Waals surface area contributed by atoms with Crippen LogP contribution in [0.4, 0.5) is 4.79 Å². The van der Waals surface area contributed by atoms with Gasteiger partial charge in [0, 0.05) is 43.8 Å². The highest BCUT2D eigenvalue weighted by Gasteiger charge is 2.27. The van der Waals surface area contributed by atoms with Gasteiger partial charge in [0.2, 0.25) is 0 Å². The molecule has 0 aromatic heterocycles. The summed E-state index contributed by atoms with van der Waals surface area (Å²) in [6, 6.07) is 15.7. The van der Waals surface area contributed by atoms with Crippen LogP contribution >= 0.6 is 0 Å². The highest BCUT2D eigenvalue weighted by atomic mass is 16.2. The molecule has 1 fully saturated rings. The molecule has 3 heterocycles. The fourth-order valence-electron chi connectivity index (χ4n) is 4.46. The van der Waals surface area contributed by atoms with Gasteiger partial charge in [-0.2, -0.15) is 9.78 Å². The van der Waals surface area contributed by atoms with Crippen LogP contribution < -0.4 is 5.56 Å². The number of rotatable bonds is 2. The van der Waals surface area contributed by atoms with Crippen molar-refractivity contribution in [3.05, 3.63) is 70.6 Å². The van der Waals surface area contributed by atoms with Crippen molar-refractivity contribution in [2.75, 3.05) is 26.2 Å². The van der Waals surface area contributed by atoms with Crippen molar-refractivity contribution in [2.45, 2.75) is 26.8 Å². The number of piperazine rings is 1. The third-order valence-electron chi connectivity index (χ3n) is 6.32. The number of fused-ring (bicyclic) bond motifs is 3. The topological polar surface area (TPSA) is 63.4 Å². The lowest BCUT2D eigenvalue weighted by Crippen LogP contribution is -2.51. The second-order valence-corrected chi connectivity index (χ2v) is 8.73. The van der Waals surface area contributed by atoms with E-state index in [4.69, 9.17) is 0 Å². The zero-order valence-electron chi connectivity index (χ0n) is 18.7. The maximum atomic E-state index is 13.5. The van der Waals surface area contributed by atoms with E-state index in [-0.39, 0.29) is 11.6 Å². The molecule has 2 aromatic rings. The zero-order chi connectivity index (χ0) is 22.4. The lowest BCUT2D eigenvalue weighted by molar-refractivity contribution is 0.120. The van der Waals surface area contributed by atoms with Crippen LogP contribution in [-0.4, -0.2) is 62.4 Å². The predicted molar refractivity (Wildman–Crippen MR) is 126 cm³/mol. The summed E-state index contributed by atoms with van der Waals surface area (Å²) in [7, 11) is 0. The molecule has 7 nitrogen and oxygen atoms in total. The van der Waals surface area contributed by atoms with Crippen LogP contribution in [-0.2, 0) is 0 Å². The van der Waals surface area contributed by atoms with Crippen LogP contribution in [0.25, 0.3) is 27.8 Å². The monoisotopic (exact) mass is 429 g/mol. The summed E-state index contributed by atoms with van der Waals surface area (Å²) in [6.07, 6.45) is 1.67. The number of aryl methyl sites for hydroxylation is 1. The molecule has 7 heteroatoms. The number of hydrogen-bond donors (Lipinski definition) is 0. The Morgan fingerprint density at radius 2 is 1.72 bits per heavy atom. The van der Waals surface area contributed by atoms with Crippen molar-refractivity contribution >= 4 is 16.9 Å². The minimum Gasteiger partial charge on any atom is -0.321 e. The highest BCUT2D eigenvalue weighted by Crippen LogP contribution is 2.29. The Balaban J connectivity index is 1.65. The van der Waals surface area contributed by atoms with Gasteiger partial charge in [-0.05, 0) is 45.0 Å². The first kappa shape index (κ1) is 20.5. The van der Waals surface area contributed by atoms with Gasteiger partial charge in [-0.25, -0.2) is 4.79 Å². The molecular formula is C25H27N5O2. The van der Waals surface area contributed by atoms with Gasteiger partial charge >= 0.3 is 6.03 Å². The number of para-hydroxylation sites is 1. The SMILES string of the molecule is Cc1ccc2c(c1)c1nn(-c3ccccc3)c(=O)c-1cn2C(=O)N1CCN(C(C)C)CC1. The molecule has 0 bridgehead atoms. The summed E-state index contributed by atoms with van der Waals surface area (Å²) < 4.78 is 3.04. The van der Waals surface area contributed by atoms with E-state index in [0.29, 0.717) is 36.1 Å². The number of carbonyl (C=O) groups is 1. The second kappa shape index (κ2) is 7.91. The van der Waals surface area contributed by atoms with E-state index < -0.39 is 0 Å². The third-order valence-corrected chi connectivity index (χ3v) is 6.32. The van der Waals surface area contributed by atoms with Crippen LogP contribution in [0, 0.1) is 6.92 Å². The van der Waals surface area contributed by atoms with Crippen molar-refractivity contribution in [3.8, 4) is 16.9 Å². The Labute approximate surface area is 186 Å². The molecule has 3 aliphatic rings. The largest absolute Gasteiger partial charge is 0.328 e. The van der Waals surface area contributed by atoms with Crippen LogP contribution in [0.1, 0.15) is 19.4 Å². The first-order chi connectivity index (χ1) is 15.4. The molecule has 0 atom stereocenters. The third kappa shape index (κ3) is 3.39. The van der Waals surface area contributed by atoms with Gasteiger partial charge < -0.3 is 4.90 Å². The maximum Gasteiger partial charge on any atom is 0.328 e. The maximum absolute atomic E-state index is 13.5. The van der Waals surface area contributed by atoms with Crippen LogP contribution in [0.3, 0.4) is 0 Å². The van der Waals surface area contributed by atoms with E-state index >= 15 is 0 Å². The van der Waals surface area contributed by atoms with E-state index in [9.17, 15) is 9.59 Å². The van der Waals surface area contributed by atoms with Gasteiger partial charge in [-0.1, -0.05) is 29.8 Å². The molecule has 2 aromatic carbocycles. The van der Waals surface area contributed by atoms with E-state index in [2.05, 4.69) is 23.8 Å². The fraction of sp³-hybridized carbons (Fsp3) is 0.320. The highest BCUT2D eigenvalue weighted by molar-refractivity contribution is 5.99. The van der Waals surface area contributed by atoms with Crippen LogP contribution in [0.2, 0.25) is 0 Å². The number of hydrogen-bond acceptors (Lipinski definition) is 4. The average molecular weight is 430 g/mol. The van der Waals surface area contributed by atoms with Gasteiger partial charge in [0.1, 0.15) is 5.69 Å². The van der Waals surface area contributed by atoms with Crippen molar-refractivity contribution in [2.24, 2.45) is 0 Å². The molecule has 3 aliphatic heterocycles. The summed E-state index contributed by atoms with van der Waals surface area (Å²) in [4.78, 5) is 31.1. The molecule has 0 aliphatic carbocycles. The lowest BCUT2D eigenvalue weighted by atomic mass is 10.1. The van der Waals surface area contributed by atoms with E-state index in [1.165, 1.54) is 4.68 Å². The number of aromatic nitrogens is 3. The second-order valence-electron chi connectivity index (χ2n) is 8.73. The summed E-state index contributed by atoms with van der Waals surface area (Å²) in [5.41, 5.74) is 3.36. The Morgan fingerprint density at radius 3 is 2.41 bits per heavy atom. The molecule has 1 saturated heterocycles. The van der Waals surface area contributed by atoms with Crippen LogP contribution in [0.15, 0.2) is 59.5 Å². The van der Waals surface area contributed by atoms with Gasteiger partial charge in [-0.3, -0.25) is 14.3 Å². The van der Waals surface area contributed by atoms with Crippen LogP contribution in [0.5, 0.6) is 0 Å². The smallest absolute Gasteiger partial charge is 0.321 e. The van der Waals surface area contributed by atoms with E-state index in [1.807, 2.05) is 60.4 Å². The lowest BCUT2D eigenvalue weighted by Gasteiger charge is -2.37. The predicted octanol–water partition coefficient (Wildman–Crippen LogP) is 3.59. The van der Waals surface area contributed by atoms with Crippen molar-refractivity contribution in [1.29, 1.82) is 0 Å². The zero-order valence-corrected chi connectivity index (χ0v) is 18.7. The number of carbonyl (C=O) groups excluding carboxylic acids is 1. The first-order valence-corrected chi connectivity index (χ1v) is 11.1. The molecule has 32 heavy (non-hydrogen) atoms. The van der Waals surface area contributed by atoms with Gasteiger partial charge in [0.25, 0.3) is 5.56 Å². The Hall–Kier alpha value is -3.45. The summed E-state index contributed by atoms with van der Waals surface area (Å²) in [5.74, 6) is 0. The minimum absolute atomic E-state index is 0.101. The molecule has 164 valence electrons. The normalized spacial score (nSPS) is 15.2. The summed E-state index contributed by atoms with van der Waals surface area (Å²) in [6.45, 7) is 9.39. The Morgan fingerprint density at radius 1 is 1.00 bits per heavy atom. The van der Waals surface area contributed by atoms with Crippen molar-refractivity contribution in [1.82, 2.24) is 24.1 Å². The molecule has 0 saturated carbocycles. The number of pyridine rings is 1. The number of benzene rings is 2. The van der Waals surface area contributed by atoms with Gasteiger partial charge in [-0.15, -0.1) is 0 Å². The van der Waals surface area contributed by atoms with E-state index in [0.717, 1.165) is 29.6 Å². The Bertz CT molecular complexity index is 1310. The summed E-state index contributed by atoms with van der Waals surface area (Å²) in [5, 5.41) is 5.46. The van der Waals surface area contributed by atoms with Crippen molar-refractivity contribution in [3.63, 3.8) is 0 Å². The quantitative estimate of drug-likeness (QED) is 0.489. The molecule has 1 amide bonds. The fourth-order valence-corrected chi connectivity index (χ4v) is 4.46. The molecule has 0 spiro atoms. The molecular weight excluding hydrogens is 402 g/mol. The molecule has 0 unspecified atom stereocenters. The Kier molecular flexibility index (Phi) is 5.06. The minimum atomic E-state index is -0.221. The van der Waals surface area contributed by atoms with Crippen molar-refractivity contribution < 1.29 is 4.79 Å². The molecule has 0 radical (unpaired) electrons. The standard InChI is InChI=1S/C25H27N5O2/c1-17(2)27-11-13-28(14-12-27)25(32)29-16-21-23(20-15-18(3)9-10-22(20)29)26-30(24(21)31)19-7-5-4-6-8-19/h4-10,15-17H,11-14H2,1-3H3. The van der Waals surface area contributed by atoms with Gasteiger partial charge in [0.15, 0.2) is 0 Å². The first-order valence-electron chi connectivity index (χ1n) is 11.1. The van der Waals surface area contributed by atoms with Gasteiger partial charge in [0.05, 0.1) is 16.8 Å². The number of amides is 1. The summed E-state index contributed by atoms with van der Waals surface area (Å²) >= 11 is 0. The number of nitrogens with zero attached hydrogens (tertiary/aromatic N) is 5. The van der Waals surface area contributed by atoms with E-state index in [1.54, 1.807) is 10.8 Å².